The summed E-state index contributed by atoms with van der Waals surface area (Å²) >= 11 is 10.1. The van der Waals surface area contributed by atoms with Crippen LogP contribution in [0.4, 0.5) is 0 Å². The average Bonchev–Trinajstić information content (AvgIpc) is 1.84. The standard InChI is InChI=1S/C4H4Cl2O4.2ClH/c5-1(3(7)8)2(6)4(9)10;;/h1-2H,(H,7,8)(H,9,10);2*1H. The molecule has 4 nitrogen and oxygen atoms in total. The molecule has 0 amide bonds. The van der Waals surface area contributed by atoms with E-state index >= 15 is 0 Å². The summed E-state index contributed by atoms with van der Waals surface area (Å²) in [7, 11) is 0. The molecule has 0 saturated heterocycles. The second-order valence-corrected chi connectivity index (χ2v) is 2.42. The normalized spacial score (nSPS) is 13.2. The molecule has 0 saturated carbocycles. The number of rotatable bonds is 3. The third-order valence-corrected chi connectivity index (χ3v) is 1.74. The van der Waals surface area contributed by atoms with Crippen LogP contribution in [-0.2, 0) is 9.59 Å². The van der Waals surface area contributed by atoms with Crippen molar-refractivity contribution in [1.82, 2.24) is 0 Å². The molecule has 0 aliphatic rings. The lowest BCUT2D eigenvalue weighted by Crippen LogP contribution is -2.31. The van der Waals surface area contributed by atoms with Gasteiger partial charge in [-0.1, -0.05) is 0 Å². The Morgan fingerprint density at radius 1 is 0.917 bits per heavy atom. The van der Waals surface area contributed by atoms with Gasteiger partial charge in [-0.05, 0) is 0 Å². The van der Waals surface area contributed by atoms with Crippen LogP contribution >= 0.6 is 48.0 Å². The zero-order valence-corrected chi connectivity index (χ0v) is 8.58. The Morgan fingerprint density at radius 3 is 1.17 bits per heavy atom. The van der Waals surface area contributed by atoms with Crippen molar-refractivity contribution in [2.24, 2.45) is 0 Å². The van der Waals surface area contributed by atoms with Crippen LogP contribution in [0.5, 0.6) is 0 Å². The smallest absolute Gasteiger partial charge is 0.323 e. The number of hydrogen-bond acceptors (Lipinski definition) is 2. The molecule has 0 aromatic carbocycles. The lowest BCUT2D eigenvalue weighted by Gasteiger charge is -2.05. The van der Waals surface area contributed by atoms with Crippen LogP contribution in [0.15, 0.2) is 0 Å². The number of carboxylic acid groups (broad SMARTS) is 2. The molecule has 74 valence electrons. The van der Waals surface area contributed by atoms with Crippen molar-refractivity contribution in [3.63, 3.8) is 0 Å². The second-order valence-electron chi connectivity index (χ2n) is 1.48. The van der Waals surface area contributed by atoms with E-state index in [9.17, 15) is 9.59 Å². The molecule has 0 bridgehead atoms. The van der Waals surface area contributed by atoms with Crippen molar-refractivity contribution in [2.75, 3.05) is 0 Å². The summed E-state index contributed by atoms with van der Waals surface area (Å²) in [6.07, 6.45) is 0. The number of alkyl halides is 2. The van der Waals surface area contributed by atoms with Gasteiger partial charge in [-0.25, -0.2) is 0 Å². The first-order chi connectivity index (χ1) is 4.46. The SMILES string of the molecule is Cl.Cl.O=C(O)C(Cl)C(Cl)C(=O)O. The van der Waals surface area contributed by atoms with Crippen molar-refractivity contribution in [3.05, 3.63) is 0 Å². The molecule has 0 aliphatic carbocycles. The fraction of sp³-hybridized carbons (Fsp3) is 0.500. The molecule has 0 aliphatic heterocycles. The number of aliphatic carboxylic acids is 2. The molecule has 2 atom stereocenters. The minimum absolute atomic E-state index is 0. The number of halogens is 4. The van der Waals surface area contributed by atoms with E-state index in [0.717, 1.165) is 0 Å². The summed E-state index contributed by atoms with van der Waals surface area (Å²) in [6.45, 7) is 0. The van der Waals surface area contributed by atoms with Crippen LogP contribution in [0.1, 0.15) is 0 Å². The van der Waals surface area contributed by atoms with Crippen LogP contribution in [-0.4, -0.2) is 32.9 Å². The van der Waals surface area contributed by atoms with Crippen LogP contribution in [0.3, 0.4) is 0 Å². The largest absolute Gasteiger partial charge is 0.480 e. The van der Waals surface area contributed by atoms with Crippen molar-refractivity contribution < 1.29 is 19.8 Å². The quantitative estimate of drug-likeness (QED) is 0.748. The van der Waals surface area contributed by atoms with Gasteiger partial charge < -0.3 is 10.2 Å². The van der Waals surface area contributed by atoms with E-state index in [4.69, 9.17) is 33.4 Å². The Bertz CT molecular complexity index is 143. The third-order valence-electron chi connectivity index (χ3n) is 0.729. The molecular weight excluding hydrogens is 254 g/mol. The zero-order valence-electron chi connectivity index (χ0n) is 5.44. The van der Waals surface area contributed by atoms with Gasteiger partial charge in [0.25, 0.3) is 0 Å². The van der Waals surface area contributed by atoms with Gasteiger partial charge in [0.05, 0.1) is 0 Å². The van der Waals surface area contributed by atoms with Crippen molar-refractivity contribution >= 4 is 60.0 Å². The minimum atomic E-state index is -1.58. The monoisotopic (exact) mass is 258 g/mol. The number of carbonyl (C=O) groups is 2. The van der Waals surface area contributed by atoms with E-state index in [-0.39, 0.29) is 24.8 Å². The highest BCUT2D eigenvalue weighted by Crippen LogP contribution is 2.09. The van der Waals surface area contributed by atoms with Gasteiger partial charge in [-0.2, -0.15) is 0 Å². The molecule has 0 fully saturated rings. The average molecular weight is 260 g/mol. The van der Waals surface area contributed by atoms with Gasteiger partial charge in [0.2, 0.25) is 0 Å². The van der Waals surface area contributed by atoms with Crippen LogP contribution in [0.2, 0.25) is 0 Å². The van der Waals surface area contributed by atoms with E-state index in [1.54, 1.807) is 0 Å². The van der Waals surface area contributed by atoms with E-state index in [0.29, 0.717) is 0 Å². The zero-order chi connectivity index (χ0) is 8.31. The predicted octanol–water partition coefficient (Wildman–Crippen LogP) is 1.21. The highest BCUT2D eigenvalue weighted by atomic mass is 35.5. The molecule has 0 heterocycles. The molecule has 2 N–H and O–H groups in total. The van der Waals surface area contributed by atoms with Crippen molar-refractivity contribution in [1.29, 1.82) is 0 Å². The molecule has 0 spiro atoms. The maximum Gasteiger partial charge on any atom is 0.323 e. The highest BCUT2D eigenvalue weighted by molar-refractivity contribution is 6.41. The van der Waals surface area contributed by atoms with Crippen LogP contribution in [0, 0.1) is 0 Å². The van der Waals surface area contributed by atoms with Gasteiger partial charge >= 0.3 is 11.9 Å². The van der Waals surface area contributed by atoms with E-state index in [2.05, 4.69) is 0 Å². The lowest BCUT2D eigenvalue weighted by atomic mass is 10.3. The molecule has 8 heteroatoms. The Morgan fingerprint density at radius 2 is 1.08 bits per heavy atom. The highest BCUT2D eigenvalue weighted by Gasteiger charge is 2.29. The summed E-state index contributed by atoms with van der Waals surface area (Å²) in [4.78, 5) is 19.9. The summed E-state index contributed by atoms with van der Waals surface area (Å²) in [5.41, 5.74) is 0. The fourth-order valence-corrected chi connectivity index (χ4v) is 0.466. The maximum atomic E-state index is 9.97. The molecular formula is C4H6Cl4O4. The topological polar surface area (TPSA) is 74.6 Å². The van der Waals surface area contributed by atoms with Gasteiger partial charge in [0, 0.05) is 0 Å². The Kier molecular flexibility index (Phi) is 11.6. The molecule has 12 heavy (non-hydrogen) atoms. The molecule has 0 rings (SSSR count). The second kappa shape index (κ2) is 7.73. The third kappa shape index (κ3) is 5.71. The van der Waals surface area contributed by atoms with Gasteiger partial charge in [0.1, 0.15) is 0 Å². The minimum Gasteiger partial charge on any atom is -0.480 e. The lowest BCUT2D eigenvalue weighted by molar-refractivity contribution is -0.142. The Hall–Kier alpha value is 0.1000. The first-order valence-corrected chi connectivity index (χ1v) is 3.08. The summed E-state index contributed by atoms with van der Waals surface area (Å²) in [5, 5.41) is 13.1. The number of hydrogen-bond donors (Lipinski definition) is 2. The predicted molar refractivity (Wildman–Crippen MR) is 49.0 cm³/mol. The molecule has 0 aromatic rings. The van der Waals surface area contributed by atoms with Gasteiger partial charge in [-0.3, -0.25) is 9.59 Å². The van der Waals surface area contributed by atoms with Crippen LogP contribution < -0.4 is 0 Å². The first kappa shape index (κ1) is 18.0. The Labute approximate surface area is 90.7 Å². The summed E-state index contributed by atoms with van der Waals surface area (Å²) < 4.78 is 0. The Balaban J connectivity index is -0.000000405. The summed E-state index contributed by atoms with van der Waals surface area (Å²) in [6, 6.07) is 0. The summed E-state index contributed by atoms with van der Waals surface area (Å²) in [5.74, 6) is -2.88. The van der Waals surface area contributed by atoms with Gasteiger partial charge in [0.15, 0.2) is 10.8 Å². The molecule has 0 radical (unpaired) electrons. The fourth-order valence-electron chi connectivity index (χ4n) is 0.250. The van der Waals surface area contributed by atoms with Crippen molar-refractivity contribution in [2.45, 2.75) is 10.8 Å². The van der Waals surface area contributed by atoms with E-state index in [1.807, 2.05) is 0 Å². The van der Waals surface area contributed by atoms with E-state index < -0.39 is 22.7 Å². The maximum absolute atomic E-state index is 9.97. The van der Waals surface area contributed by atoms with Crippen molar-refractivity contribution in [3.8, 4) is 0 Å². The van der Waals surface area contributed by atoms with E-state index in [1.165, 1.54) is 0 Å². The number of carboxylic acids is 2. The van der Waals surface area contributed by atoms with Crippen LogP contribution in [0.25, 0.3) is 0 Å². The molecule has 2 unspecified atom stereocenters. The first-order valence-electron chi connectivity index (χ1n) is 2.20. The van der Waals surface area contributed by atoms with Gasteiger partial charge in [-0.15, -0.1) is 48.0 Å². The molecule has 0 aromatic heterocycles.